The first-order valence-corrected chi connectivity index (χ1v) is 12.5. The summed E-state index contributed by atoms with van der Waals surface area (Å²) in [7, 11) is 0. The van der Waals surface area contributed by atoms with E-state index in [1.165, 1.54) is 37.7 Å². The Morgan fingerprint density at radius 1 is 1.03 bits per heavy atom. The molecular weight excluding hydrogens is 440 g/mol. The summed E-state index contributed by atoms with van der Waals surface area (Å²) in [6.07, 6.45) is 6.10. The van der Waals surface area contributed by atoms with Crippen molar-refractivity contribution in [2.75, 3.05) is 11.9 Å². The van der Waals surface area contributed by atoms with Crippen LogP contribution in [0.3, 0.4) is 0 Å². The minimum Gasteiger partial charge on any atom is -0.481 e. The molecule has 1 aliphatic carbocycles. The maximum Gasteiger partial charge on any atom is 0.308 e. The molecule has 6 nitrogen and oxygen atoms in total. The standard InChI is InChI=1S/C29H34N2O4/c1-19(29(33)34)18-30-28(32)23-13-15-24(16-14-23)31-27(22-11-7-4-8-12-22)25-17-26(35-20(25)2)21-9-5-3-6-10-21/h3,5-6,9-10,13-17,19,22,27,31H,4,7-8,11-12,18H2,1-2H3,(H,30,32)(H,33,34). The van der Waals surface area contributed by atoms with Crippen molar-refractivity contribution in [1.29, 1.82) is 0 Å². The van der Waals surface area contributed by atoms with Gasteiger partial charge in [-0.15, -0.1) is 0 Å². The Morgan fingerprint density at radius 2 is 1.71 bits per heavy atom. The maximum atomic E-state index is 12.4. The third-order valence-electron chi connectivity index (χ3n) is 6.93. The quantitative estimate of drug-likeness (QED) is 0.332. The van der Waals surface area contributed by atoms with Crippen molar-refractivity contribution in [3.8, 4) is 11.3 Å². The van der Waals surface area contributed by atoms with Gasteiger partial charge in [-0.25, -0.2) is 0 Å². The Bertz CT molecular complexity index is 1130. The Kier molecular flexibility index (Phi) is 7.91. The van der Waals surface area contributed by atoms with E-state index in [0.717, 1.165) is 22.8 Å². The van der Waals surface area contributed by atoms with E-state index in [0.29, 0.717) is 11.5 Å². The molecule has 0 saturated heterocycles. The minimum absolute atomic E-state index is 0.0986. The average molecular weight is 475 g/mol. The van der Waals surface area contributed by atoms with Crippen LogP contribution in [-0.2, 0) is 4.79 Å². The molecule has 1 amide bonds. The van der Waals surface area contributed by atoms with Crippen LogP contribution < -0.4 is 10.6 Å². The first kappa shape index (κ1) is 24.6. The van der Waals surface area contributed by atoms with Gasteiger partial charge >= 0.3 is 5.97 Å². The Balaban J connectivity index is 1.52. The van der Waals surface area contributed by atoms with Gasteiger partial charge in [0.05, 0.1) is 12.0 Å². The lowest BCUT2D eigenvalue weighted by atomic mass is 9.81. The number of aliphatic carboxylic acids is 1. The molecule has 1 aromatic heterocycles. The van der Waals surface area contributed by atoms with E-state index in [2.05, 4.69) is 28.8 Å². The van der Waals surface area contributed by atoms with Crippen molar-refractivity contribution in [2.45, 2.75) is 52.0 Å². The van der Waals surface area contributed by atoms with Crippen molar-refractivity contribution in [1.82, 2.24) is 5.32 Å². The summed E-state index contributed by atoms with van der Waals surface area (Å²) < 4.78 is 6.19. The normalized spacial score (nSPS) is 15.8. The van der Waals surface area contributed by atoms with Crippen LogP contribution in [0, 0.1) is 18.8 Å². The second-order valence-corrected chi connectivity index (χ2v) is 9.53. The van der Waals surface area contributed by atoms with Crippen LogP contribution in [0.2, 0.25) is 0 Å². The number of amides is 1. The van der Waals surface area contributed by atoms with E-state index in [9.17, 15) is 9.59 Å². The lowest BCUT2D eigenvalue weighted by Gasteiger charge is -2.31. The molecular formula is C29H34N2O4. The van der Waals surface area contributed by atoms with E-state index >= 15 is 0 Å². The van der Waals surface area contributed by atoms with Crippen molar-refractivity contribution >= 4 is 17.6 Å². The summed E-state index contributed by atoms with van der Waals surface area (Å²) in [6.45, 7) is 3.70. The van der Waals surface area contributed by atoms with Crippen molar-refractivity contribution < 1.29 is 19.1 Å². The van der Waals surface area contributed by atoms with Gasteiger partial charge in [-0.05, 0) is 56.0 Å². The lowest BCUT2D eigenvalue weighted by Crippen LogP contribution is -2.31. The summed E-state index contributed by atoms with van der Waals surface area (Å²) in [5.74, 6) is 0.480. The zero-order valence-electron chi connectivity index (χ0n) is 20.4. The molecule has 3 N–H and O–H groups in total. The van der Waals surface area contributed by atoms with Crippen molar-refractivity contribution in [3.63, 3.8) is 0 Å². The number of furan rings is 1. The molecule has 6 heteroatoms. The maximum absolute atomic E-state index is 12.4. The molecule has 0 radical (unpaired) electrons. The largest absolute Gasteiger partial charge is 0.481 e. The second-order valence-electron chi connectivity index (χ2n) is 9.53. The van der Waals surface area contributed by atoms with Crippen LogP contribution in [0.4, 0.5) is 5.69 Å². The molecule has 0 spiro atoms. The van der Waals surface area contributed by atoms with Crippen LogP contribution in [0.25, 0.3) is 11.3 Å². The highest BCUT2D eigenvalue weighted by atomic mass is 16.4. The predicted octanol–water partition coefficient (Wildman–Crippen LogP) is 6.44. The molecule has 1 heterocycles. The van der Waals surface area contributed by atoms with Crippen LogP contribution in [0.15, 0.2) is 65.1 Å². The first-order valence-electron chi connectivity index (χ1n) is 12.5. The molecule has 3 aromatic rings. The number of nitrogens with one attached hydrogen (secondary N) is 2. The molecule has 2 aromatic carbocycles. The van der Waals surface area contributed by atoms with Crippen LogP contribution >= 0.6 is 0 Å². The molecule has 4 rings (SSSR count). The fraction of sp³-hybridized carbons (Fsp3) is 0.379. The Labute approximate surface area is 206 Å². The molecule has 1 saturated carbocycles. The third kappa shape index (κ3) is 6.13. The fourth-order valence-corrected chi connectivity index (χ4v) is 4.80. The number of anilines is 1. The summed E-state index contributed by atoms with van der Waals surface area (Å²) >= 11 is 0. The van der Waals surface area contributed by atoms with Gasteiger partial charge in [0.15, 0.2) is 0 Å². The van der Waals surface area contributed by atoms with E-state index in [1.807, 2.05) is 37.3 Å². The van der Waals surface area contributed by atoms with Gasteiger partial charge in [0.2, 0.25) is 0 Å². The molecule has 35 heavy (non-hydrogen) atoms. The van der Waals surface area contributed by atoms with E-state index in [-0.39, 0.29) is 18.5 Å². The molecule has 1 aliphatic rings. The summed E-state index contributed by atoms with van der Waals surface area (Å²) in [6, 6.07) is 19.8. The van der Waals surface area contributed by atoms with Crippen molar-refractivity contribution in [2.24, 2.45) is 11.8 Å². The van der Waals surface area contributed by atoms with Gasteiger partial charge in [-0.1, -0.05) is 56.5 Å². The van der Waals surface area contributed by atoms with Crippen molar-refractivity contribution in [3.05, 3.63) is 77.6 Å². The van der Waals surface area contributed by atoms with Gasteiger partial charge < -0.3 is 20.2 Å². The average Bonchev–Trinajstić information content (AvgIpc) is 3.28. The second kappa shape index (κ2) is 11.3. The highest BCUT2D eigenvalue weighted by molar-refractivity contribution is 5.94. The topological polar surface area (TPSA) is 91.6 Å². The Morgan fingerprint density at radius 3 is 2.37 bits per heavy atom. The zero-order chi connectivity index (χ0) is 24.8. The van der Waals surface area contributed by atoms with Gasteiger partial charge in [0.25, 0.3) is 5.91 Å². The number of aryl methyl sites for hydroxylation is 1. The number of rotatable bonds is 9. The van der Waals surface area contributed by atoms with Crippen LogP contribution in [0.1, 0.15) is 66.8 Å². The molecule has 1 fully saturated rings. The van der Waals surface area contributed by atoms with Crippen LogP contribution in [0.5, 0.6) is 0 Å². The van der Waals surface area contributed by atoms with E-state index in [4.69, 9.17) is 9.52 Å². The predicted molar refractivity (Wildman–Crippen MR) is 137 cm³/mol. The third-order valence-corrected chi connectivity index (χ3v) is 6.93. The summed E-state index contributed by atoms with van der Waals surface area (Å²) in [5.41, 5.74) is 3.70. The van der Waals surface area contributed by atoms with E-state index in [1.54, 1.807) is 19.1 Å². The van der Waals surface area contributed by atoms with Gasteiger partial charge in [-0.2, -0.15) is 0 Å². The minimum atomic E-state index is -0.927. The number of carboxylic acid groups (broad SMARTS) is 1. The van der Waals surface area contributed by atoms with E-state index < -0.39 is 11.9 Å². The molecule has 0 bridgehead atoms. The number of carbonyl (C=O) groups is 2. The number of carboxylic acids is 1. The number of benzene rings is 2. The van der Waals surface area contributed by atoms with Gasteiger partial charge in [0.1, 0.15) is 11.5 Å². The molecule has 0 aliphatic heterocycles. The highest BCUT2D eigenvalue weighted by Gasteiger charge is 2.28. The molecule has 184 valence electrons. The van der Waals surface area contributed by atoms with Gasteiger partial charge in [0, 0.05) is 28.9 Å². The summed E-state index contributed by atoms with van der Waals surface area (Å²) in [5, 5.41) is 15.4. The first-order chi connectivity index (χ1) is 16.9. The Hall–Kier alpha value is -3.54. The fourth-order valence-electron chi connectivity index (χ4n) is 4.80. The monoisotopic (exact) mass is 474 g/mol. The van der Waals surface area contributed by atoms with Crippen LogP contribution in [-0.4, -0.2) is 23.5 Å². The van der Waals surface area contributed by atoms with Gasteiger partial charge in [-0.3, -0.25) is 9.59 Å². The summed E-state index contributed by atoms with van der Waals surface area (Å²) in [4.78, 5) is 23.4. The number of hydrogen-bond donors (Lipinski definition) is 3. The zero-order valence-corrected chi connectivity index (χ0v) is 20.4. The highest BCUT2D eigenvalue weighted by Crippen LogP contribution is 2.40. The lowest BCUT2D eigenvalue weighted by molar-refractivity contribution is -0.140. The number of carbonyl (C=O) groups excluding carboxylic acids is 1. The molecule has 2 atom stereocenters. The molecule has 2 unspecified atom stereocenters. The number of hydrogen-bond acceptors (Lipinski definition) is 4. The smallest absolute Gasteiger partial charge is 0.308 e. The SMILES string of the molecule is Cc1oc(-c2ccccc2)cc1C(Nc1ccc(C(=O)NCC(C)C(=O)O)cc1)C1CCCCC1.